The van der Waals surface area contributed by atoms with E-state index in [1.54, 1.807) is 22.2 Å². The molecule has 1 aliphatic heterocycles. The minimum absolute atomic E-state index is 0.559. The number of fused-ring (bicyclic) bond motifs is 2. The van der Waals surface area contributed by atoms with Crippen LogP contribution in [-0.2, 0) is 6.54 Å². The molecular weight excluding hydrogens is 374 g/mol. The second-order valence-electron chi connectivity index (χ2n) is 6.62. The molecule has 0 bridgehead atoms. The Morgan fingerprint density at radius 2 is 2.00 bits per heavy atom. The number of nitrogens with one attached hydrogen (secondary N) is 1. The number of thiophene rings is 1. The van der Waals surface area contributed by atoms with Crippen molar-refractivity contribution in [2.45, 2.75) is 20.4 Å². The summed E-state index contributed by atoms with van der Waals surface area (Å²) in [7, 11) is 0. The van der Waals surface area contributed by atoms with Crippen LogP contribution < -0.4 is 14.8 Å². The number of anilines is 1. The maximum atomic E-state index is 5.69. The first-order chi connectivity index (χ1) is 13.7. The van der Waals surface area contributed by atoms with Crippen molar-refractivity contribution in [1.29, 1.82) is 0 Å². The van der Waals surface area contributed by atoms with Crippen LogP contribution in [0.15, 0.2) is 36.7 Å². The molecule has 28 heavy (non-hydrogen) atoms. The predicted octanol–water partition coefficient (Wildman–Crippen LogP) is 3.88. The molecule has 0 saturated heterocycles. The molecule has 142 valence electrons. The zero-order valence-corrected chi connectivity index (χ0v) is 16.4. The summed E-state index contributed by atoms with van der Waals surface area (Å²) in [5, 5.41) is 8.82. The van der Waals surface area contributed by atoms with Crippen LogP contribution in [0.3, 0.4) is 0 Å². The van der Waals surface area contributed by atoms with E-state index >= 15 is 0 Å². The normalized spacial score (nSPS) is 13.1. The molecule has 3 aromatic heterocycles. The average molecular weight is 393 g/mol. The van der Waals surface area contributed by atoms with E-state index < -0.39 is 0 Å². The van der Waals surface area contributed by atoms with Gasteiger partial charge in [0.25, 0.3) is 5.95 Å². The van der Waals surface area contributed by atoms with Crippen molar-refractivity contribution < 1.29 is 9.47 Å². The van der Waals surface area contributed by atoms with E-state index in [1.807, 2.05) is 30.5 Å². The van der Waals surface area contributed by atoms with Gasteiger partial charge in [-0.3, -0.25) is 0 Å². The van der Waals surface area contributed by atoms with Gasteiger partial charge in [0, 0.05) is 23.8 Å². The van der Waals surface area contributed by atoms with E-state index in [4.69, 9.17) is 19.4 Å². The molecule has 4 aromatic rings. The summed E-state index contributed by atoms with van der Waals surface area (Å²) in [5.41, 5.74) is 2.30. The molecule has 5 rings (SSSR count). The molecule has 1 aromatic carbocycles. The minimum Gasteiger partial charge on any atom is -0.486 e. The van der Waals surface area contributed by atoms with E-state index in [2.05, 4.69) is 24.3 Å². The lowest BCUT2D eigenvalue weighted by Crippen LogP contribution is -2.15. The van der Waals surface area contributed by atoms with Crippen LogP contribution >= 0.6 is 11.3 Å². The van der Waals surface area contributed by atoms with Crippen LogP contribution in [0, 0.1) is 13.8 Å². The maximum absolute atomic E-state index is 5.69. The molecule has 0 atom stereocenters. The molecule has 4 heterocycles. The summed E-state index contributed by atoms with van der Waals surface area (Å²) >= 11 is 1.68. The number of hydrogen-bond acceptors (Lipinski definition) is 7. The number of aryl methyl sites for hydroxylation is 2. The van der Waals surface area contributed by atoms with Gasteiger partial charge in [-0.15, -0.1) is 11.3 Å². The molecule has 0 amide bonds. The number of nitrogens with zero attached hydrogens (tertiary/aromatic N) is 4. The highest BCUT2D eigenvalue weighted by atomic mass is 32.1. The highest BCUT2D eigenvalue weighted by Crippen LogP contribution is 2.35. The smallest absolute Gasteiger partial charge is 0.253 e. The third-order valence-corrected chi connectivity index (χ3v) is 5.89. The predicted molar refractivity (Wildman–Crippen MR) is 109 cm³/mol. The number of ether oxygens (including phenoxy) is 2. The lowest BCUT2D eigenvalue weighted by molar-refractivity contribution is 0.171. The van der Waals surface area contributed by atoms with Crippen LogP contribution in [0.25, 0.3) is 16.2 Å². The van der Waals surface area contributed by atoms with Gasteiger partial charge in [0.15, 0.2) is 11.5 Å². The number of hydrogen-bond donors (Lipinski definition) is 1. The highest BCUT2D eigenvalue weighted by Gasteiger charge is 2.16. The number of aromatic nitrogens is 4. The van der Waals surface area contributed by atoms with E-state index in [9.17, 15) is 0 Å². The van der Waals surface area contributed by atoms with Crippen LogP contribution in [0.4, 0.5) is 5.82 Å². The fourth-order valence-corrected chi connectivity index (χ4v) is 4.26. The first-order valence-corrected chi connectivity index (χ1v) is 9.91. The molecule has 0 fully saturated rings. The molecular formula is C20H19N5O2S. The Kier molecular flexibility index (Phi) is 4.12. The summed E-state index contributed by atoms with van der Waals surface area (Å²) in [5.74, 6) is 2.96. The quantitative estimate of drug-likeness (QED) is 0.567. The largest absolute Gasteiger partial charge is 0.486 e. The molecule has 1 N–H and O–H groups in total. The van der Waals surface area contributed by atoms with Gasteiger partial charge >= 0.3 is 0 Å². The van der Waals surface area contributed by atoms with Crippen molar-refractivity contribution in [2.75, 3.05) is 18.5 Å². The zero-order chi connectivity index (χ0) is 19.1. The van der Waals surface area contributed by atoms with Crippen molar-refractivity contribution >= 4 is 27.4 Å². The van der Waals surface area contributed by atoms with E-state index in [0.717, 1.165) is 33.1 Å². The lowest BCUT2D eigenvalue weighted by Gasteiger charge is -2.19. The van der Waals surface area contributed by atoms with Gasteiger partial charge in [-0.05, 0) is 43.2 Å². The van der Waals surface area contributed by atoms with Crippen molar-refractivity contribution in [2.24, 2.45) is 0 Å². The Morgan fingerprint density at radius 3 is 2.82 bits per heavy atom. The van der Waals surface area contributed by atoms with Crippen molar-refractivity contribution in [3.05, 3.63) is 52.7 Å². The van der Waals surface area contributed by atoms with E-state index in [-0.39, 0.29) is 0 Å². The van der Waals surface area contributed by atoms with Crippen molar-refractivity contribution in [3.8, 4) is 17.4 Å². The Balaban J connectivity index is 1.51. The third kappa shape index (κ3) is 2.95. The second kappa shape index (κ2) is 6.79. The molecule has 7 nitrogen and oxygen atoms in total. The van der Waals surface area contributed by atoms with Crippen LogP contribution in [0.2, 0.25) is 0 Å². The topological polar surface area (TPSA) is 74.1 Å². The monoisotopic (exact) mass is 393 g/mol. The van der Waals surface area contributed by atoms with Crippen LogP contribution in [0.1, 0.15) is 16.0 Å². The van der Waals surface area contributed by atoms with Gasteiger partial charge in [0.1, 0.15) is 23.9 Å². The Hall–Kier alpha value is -3.13. The minimum atomic E-state index is 0.559. The Morgan fingerprint density at radius 1 is 1.14 bits per heavy atom. The van der Waals surface area contributed by atoms with Gasteiger partial charge in [0.2, 0.25) is 0 Å². The summed E-state index contributed by atoms with van der Waals surface area (Å²) in [6.45, 7) is 6.02. The third-order valence-electron chi connectivity index (χ3n) is 4.79. The fraction of sp³-hybridized carbons (Fsp3) is 0.250. The van der Waals surface area contributed by atoms with Gasteiger partial charge in [-0.1, -0.05) is 6.07 Å². The van der Waals surface area contributed by atoms with Crippen molar-refractivity contribution in [3.63, 3.8) is 0 Å². The SMILES string of the molecule is Cc1sc2nc(-n3cccn3)nc(NCc3ccc4c(c3)OCCO4)c2c1C. The van der Waals surface area contributed by atoms with Gasteiger partial charge in [-0.25, -0.2) is 4.68 Å². The standard InChI is InChI=1S/C20H19N5O2S/c1-12-13(2)28-19-17(12)18(23-20(24-19)25-7-3-6-22-25)21-11-14-4-5-15-16(10-14)27-9-8-26-15/h3-7,10H,8-9,11H2,1-2H3,(H,21,23,24). The number of rotatable bonds is 4. The summed E-state index contributed by atoms with van der Waals surface area (Å²) < 4.78 is 13.0. The zero-order valence-electron chi connectivity index (χ0n) is 15.6. The molecule has 8 heteroatoms. The molecule has 0 spiro atoms. The first-order valence-electron chi connectivity index (χ1n) is 9.09. The lowest BCUT2D eigenvalue weighted by atomic mass is 10.1. The first kappa shape index (κ1) is 17.0. The average Bonchev–Trinajstić information content (AvgIpc) is 3.35. The van der Waals surface area contributed by atoms with Crippen LogP contribution in [-0.4, -0.2) is 33.0 Å². The molecule has 0 aliphatic carbocycles. The Bertz CT molecular complexity index is 1150. The van der Waals surface area contributed by atoms with Crippen LogP contribution in [0.5, 0.6) is 11.5 Å². The van der Waals surface area contributed by atoms with Gasteiger partial charge in [0.05, 0.1) is 5.39 Å². The molecule has 0 radical (unpaired) electrons. The molecule has 1 aliphatic rings. The van der Waals surface area contributed by atoms with E-state index in [1.165, 1.54) is 10.4 Å². The van der Waals surface area contributed by atoms with Gasteiger partial charge < -0.3 is 14.8 Å². The maximum Gasteiger partial charge on any atom is 0.253 e. The number of benzene rings is 1. The van der Waals surface area contributed by atoms with Crippen molar-refractivity contribution in [1.82, 2.24) is 19.7 Å². The summed E-state index contributed by atoms with van der Waals surface area (Å²) in [6, 6.07) is 7.87. The summed E-state index contributed by atoms with van der Waals surface area (Å²) in [4.78, 5) is 11.7. The second-order valence-corrected chi connectivity index (χ2v) is 7.82. The Labute approximate surface area is 166 Å². The molecule has 0 unspecified atom stereocenters. The van der Waals surface area contributed by atoms with E-state index in [0.29, 0.717) is 25.7 Å². The molecule has 0 saturated carbocycles. The highest BCUT2D eigenvalue weighted by molar-refractivity contribution is 7.18. The van der Waals surface area contributed by atoms with Gasteiger partial charge in [-0.2, -0.15) is 15.1 Å². The summed E-state index contributed by atoms with van der Waals surface area (Å²) in [6.07, 6.45) is 3.57. The fourth-order valence-electron chi connectivity index (χ4n) is 3.24.